The van der Waals surface area contributed by atoms with Crippen molar-refractivity contribution in [2.45, 2.75) is 59.0 Å². The van der Waals surface area contributed by atoms with Crippen molar-refractivity contribution in [2.24, 2.45) is 5.92 Å². The summed E-state index contributed by atoms with van der Waals surface area (Å²) >= 11 is 0. The third kappa shape index (κ3) is 2.22. The molecule has 1 heterocycles. The van der Waals surface area contributed by atoms with Crippen molar-refractivity contribution in [1.29, 1.82) is 0 Å². The topological polar surface area (TPSA) is 3.24 Å². The van der Waals surface area contributed by atoms with Crippen LogP contribution in [-0.4, -0.2) is 23.0 Å². The zero-order valence-corrected chi connectivity index (χ0v) is 9.22. The molecule has 0 amide bonds. The molecule has 12 heavy (non-hydrogen) atoms. The van der Waals surface area contributed by atoms with Crippen molar-refractivity contribution in [3.05, 3.63) is 0 Å². The van der Waals surface area contributed by atoms with E-state index in [-0.39, 0.29) is 0 Å². The van der Waals surface area contributed by atoms with E-state index in [2.05, 4.69) is 39.5 Å². The maximum atomic E-state index is 2.64. The van der Waals surface area contributed by atoms with Gasteiger partial charge in [0.05, 0.1) is 0 Å². The second-order valence-corrected chi connectivity index (χ2v) is 5.35. The van der Waals surface area contributed by atoms with Crippen LogP contribution in [0.2, 0.25) is 0 Å². The Morgan fingerprint density at radius 2 is 1.67 bits per heavy atom. The fraction of sp³-hybridized carbons (Fsp3) is 1.00. The first-order valence-electron chi connectivity index (χ1n) is 5.18. The second-order valence-electron chi connectivity index (χ2n) is 5.35. The molecule has 0 unspecified atom stereocenters. The van der Waals surface area contributed by atoms with Crippen LogP contribution in [-0.2, 0) is 0 Å². The molecule has 1 rings (SSSR count). The van der Waals surface area contributed by atoms with Crippen molar-refractivity contribution in [1.82, 2.24) is 4.90 Å². The first-order valence-corrected chi connectivity index (χ1v) is 5.18. The van der Waals surface area contributed by atoms with Gasteiger partial charge in [-0.15, -0.1) is 0 Å². The molecule has 0 radical (unpaired) electrons. The monoisotopic (exact) mass is 169 g/mol. The summed E-state index contributed by atoms with van der Waals surface area (Å²) < 4.78 is 0. The van der Waals surface area contributed by atoms with Gasteiger partial charge in [0.1, 0.15) is 0 Å². The molecule has 2 atom stereocenters. The lowest BCUT2D eigenvalue weighted by Crippen LogP contribution is -2.51. The molecular weight excluding hydrogens is 146 g/mol. The summed E-state index contributed by atoms with van der Waals surface area (Å²) in [6.07, 6.45) is 2.78. The minimum atomic E-state index is 0.355. The maximum Gasteiger partial charge on any atom is 0.0127 e. The van der Waals surface area contributed by atoms with Gasteiger partial charge >= 0.3 is 0 Å². The highest BCUT2D eigenvalue weighted by Gasteiger charge is 2.30. The van der Waals surface area contributed by atoms with E-state index in [0.29, 0.717) is 5.54 Å². The van der Waals surface area contributed by atoms with Gasteiger partial charge < -0.3 is 0 Å². The van der Waals surface area contributed by atoms with Gasteiger partial charge in [0.25, 0.3) is 0 Å². The van der Waals surface area contributed by atoms with Crippen molar-refractivity contribution in [3.63, 3.8) is 0 Å². The fourth-order valence-corrected chi connectivity index (χ4v) is 2.22. The molecule has 1 nitrogen and oxygen atoms in total. The van der Waals surface area contributed by atoms with Gasteiger partial charge in [-0.25, -0.2) is 0 Å². The lowest BCUT2D eigenvalue weighted by atomic mass is 9.90. The standard InChI is InChI=1S/C11H23N/c1-9-6-7-10(2)12(8-9)11(3,4)5/h9-10H,6-8H2,1-5H3/t9-,10-/m0/s1. The molecule has 0 aromatic carbocycles. The first kappa shape index (κ1) is 10.0. The smallest absolute Gasteiger partial charge is 0.0127 e. The van der Waals surface area contributed by atoms with Crippen LogP contribution < -0.4 is 0 Å². The molecular formula is C11H23N. The van der Waals surface area contributed by atoms with Gasteiger partial charge in [0.2, 0.25) is 0 Å². The third-order valence-corrected chi connectivity index (χ3v) is 2.98. The molecule has 0 aromatic rings. The Labute approximate surface area is 77.1 Å². The van der Waals surface area contributed by atoms with Crippen LogP contribution in [0.5, 0.6) is 0 Å². The van der Waals surface area contributed by atoms with E-state index in [1.165, 1.54) is 19.4 Å². The van der Waals surface area contributed by atoms with E-state index in [1.54, 1.807) is 0 Å². The number of rotatable bonds is 0. The minimum Gasteiger partial charge on any atom is -0.296 e. The summed E-state index contributed by atoms with van der Waals surface area (Å²) in [5.74, 6) is 0.889. The molecule has 0 aliphatic carbocycles. The van der Waals surface area contributed by atoms with Crippen molar-refractivity contribution in [3.8, 4) is 0 Å². The van der Waals surface area contributed by atoms with Crippen molar-refractivity contribution < 1.29 is 0 Å². The molecule has 0 saturated carbocycles. The molecule has 1 aliphatic heterocycles. The number of likely N-dealkylation sites (tertiary alicyclic amines) is 1. The highest BCUT2D eigenvalue weighted by Crippen LogP contribution is 2.27. The molecule has 1 saturated heterocycles. The van der Waals surface area contributed by atoms with E-state index in [0.717, 1.165) is 12.0 Å². The Morgan fingerprint density at radius 3 is 2.08 bits per heavy atom. The zero-order valence-electron chi connectivity index (χ0n) is 9.22. The number of hydrogen-bond donors (Lipinski definition) is 0. The normalized spacial score (nSPS) is 33.8. The molecule has 1 heteroatoms. The summed E-state index contributed by atoms with van der Waals surface area (Å²) in [7, 11) is 0. The molecule has 0 bridgehead atoms. The Hall–Kier alpha value is -0.0400. The molecule has 0 aromatic heterocycles. The Kier molecular flexibility index (Phi) is 2.82. The third-order valence-electron chi connectivity index (χ3n) is 2.98. The summed E-state index contributed by atoms with van der Waals surface area (Å²) in [6.45, 7) is 13.0. The van der Waals surface area contributed by atoms with Crippen LogP contribution in [0.4, 0.5) is 0 Å². The van der Waals surface area contributed by atoms with E-state index in [9.17, 15) is 0 Å². The lowest BCUT2D eigenvalue weighted by molar-refractivity contribution is 0.0378. The van der Waals surface area contributed by atoms with E-state index >= 15 is 0 Å². The van der Waals surface area contributed by atoms with Crippen LogP contribution in [0.1, 0.15) is 47.5 Å². The van der Waals surface area contributed by atoms with Gasteiger partial charge in [-0.1, -0.05) is 6.92 Å². The minimum absolute atomic E-state index is 0.355. The predicted molar refractivity (Wildman–Crippen MR) is 54.3 cm³/mol. The number of hydrogen-bond acceptors (Lipinski definition) is 1. The van der Waals surface area contributed by atoms with E-state index in [1.807, 2.05) is 0 Å². The van der Waals surface area contributed by atoms with Crippen LogP contribution >= 0.6 is 0 Å². The maximum absolute atomic E-state index is 2.64. The Morgan fingerprint density at radius 1 is 1.08 bits per heavy atom. The van der Waals surface area contributed by atoms with Crippen LogP contribution in [0, 0.1) is 5.92 Å². The predicted octanol–water partition coefficient (Wildman–Crippen LogP) is 2.91. The van der Waals surface area contributed by atoms with Gasteiger partial charge in [0.15, 0.2) is 0 Å². The van der Waals surface area contributed by atoms with Gasteiger partial charge in [-0.3, -0.25) is 4.90 Å². The van der Waals surface area contributed by atoms with Crippen LogP contribution in [0.15, 0.2) is 0 Å². The summed E-state index contributed by atoms with van der Waals surface area (Å²) in [5, 5.41) is 0. The molecule has 1 aliphatic rings. The van der Waals surface area contributed by atoms with Gasteiger partial charge in [0, 0.05) is 18.1 Å². The molecule has 1 fully saturated rings. The Balaban J connectivity index is 2.61. The SMILES string of the molecule is C[C@H]1CC[C@H](C)N(C(C)(C)C)C1. The average molecular weight is 169 g/mol. The average Bonchev–Trinajstić information content (AvgIpc) is 1.92. The lowest BCUT2D eigenvalue weighted by Gasteiger charge is -2.45. The quantitative estimate of drug-likeness (QED) is 0.539. The number of piperidine rings is 1. The van der Waals surface area contributed by atoms with Crippen molar-refractivity contribution in [2.75, 3.05) is 6.54 Å². The number of nitrogens with zero attached hydrogens (tertiary/aromatic N) is 1. The largest absolute Gasteiger partial charge is 0.296 e. The second kappa shape index (κ2) is 3.37. The van der Waals surface area contributed by atoms with Crippen LogP contribution in [0.25, 0.3) is 0 Å². The Bertz CT molecular complexity index is 146. The van der Waals surface area contributed by atoms with E-state index in [4.69, 9.17) is 0 Å². The molecule has 0 spiro atoms. The zero-order chi connectivity index (χ0) is 9.35. The van der Waals surface area contributed by atoms with Crippen molar-refractivity contribution >= 4 is 0 Å². The van der Waals surface area contributed by atoms with Gasteiger partial charge in [-0.2, -0.15) is 0 Å². The summed E-state index contributed by atoms with van der Waals surface area (Å²) in [6, 6.07) is 0.779. The first-order chi connectivity index (χ1) is 5.41. The fourth-order valence-electron chi connectivity index (χ4n) is 2.22. The van der Waals surface area contributed by atoms with E-state index < -0.39 is 0 Å². The highest BCUT2D eigenvalue weighted by molar-refractivity contribution is 4.85. The van der Waals surface area contributed by atoms with Gasteiger partial charge in [-0.05, 0) is 46.5 Å². The molecule has 0 N–H and O–H groups in total. The summed E-state index contributed by atoms with van der Waals surface area (Å²) in [5.41, 5.74) is 0.355. The highest BCUT2D eigenvalue weighted by atomic mass is 15.2. The molecule has 72 valence electrons. The summed E-state index contributed by atoms with van der Waals surface area (Å²) in [4.78, 5) is 2.64. The van der Waals surface area contributed by atoms with Crippen LogP contribution in [0.3, 0.4) is 0 Å².